The molecule has 1 fully saturated rings. The van der Waals surface area contributed by atoms with E-state index in [1.165, 1.54) is 0 Å². The van der Waals surface area contributed by atoms with Crippen LogP contribution in [0.3, 0.4) is 0 Å². The number of carbonyl (C=O) groups excluding carboxylic acids is 1. The predicted molar refractivity (Wildman–Crippen MR) is 74.6 cm³/mol. The Morgan fingerprint density at radius 3 is 2.83 bits per heavy atom. The highest BCUT2D eigenvalue weighted by Gasteiger charge is 2.33. The first-order valence-corrected chi connectivity index (χ1v) is 7.21. The predicted octanol–water partition coefficient (Wildman–Crippen LogP) is 2.75. The lowest BCUT2D eigenvalue weighted by molar-refractivity contribution is -0.129. The van der Waals surface area contributed by atoms with Crippen molar-refractivity contribution < 1.29 is 9.53 Å². The summed E-state index contributed by atoms with van der Waals surface area (Å²) in [5.74, 6) is 2.14. The van der Waals surface area contributed by atoms with Crippen molar-refractivity contribution in [1.29, 1.82) is 0 Å². The van der Waals surface area contributed by atoms with Crippen LogP contribution in [-0.4, -0.2) is 29.0 Å². The Balaban J connectivity index is 2.19. The van der Waals surface area contributed by atoms with Crippen molar-refractivity contribution in [2.24, 2.45) is 5.92 Å². The summed E-state index contributed by atoms with van der Waals surface area (Å²) in [7, 11) is 1.67. The molecule has 0 N–H and O–H groups in total. The minimum atomic E-state index is 0.226. The van der Waals surface area contributed by atoms with Gasteiger partial charge in [-0.25, -0.2) is 0 Å². The van der Waals surface area contributed by atoms with Crippen molar-refractivity contribution in [3.63, 3.8) is 0 Å². The van der Waals surface area contributed by atoms with E-state index in [9.17, 15) is 4.79 Å². The fraction of sp³-hybridized carbons (Fsp3) is 0.500. The second kappa shape index (κ2) is 5.65. The van der Waals surface area contributed by atoms with Gasteiger partial charge in [0.2, 0.25) is 5.91 Å². The van der Waals surface area contributed by atoms with Crippen LogP contribution in [-0.2, 0) is 11.3 Å². The molecule has 1 aromatic rings. The van der Waals surface area contributed by atoms with Crippen molar-refractivity contribution in [3.05, 3.63) is 29.8 Å². The summed E-state index contributed by atoms with van der Waals surface area (Å²) in [6, 6.07) is 7.89. The summed E-state index contributed by atoms with van der Waals surface area (Å²) in [5.41, 5.74) is 1.07. The third-order valence-electron chi connectivity index (χ3n) is 3.11. The van der Waals surface area contributed by atoms with Crippen LogP contribution in [0.15, 0.2) is 24.3 Å². The van der Waals surface area contributed by atoms with E-state index in [-0.39, 0.29) is 11.3 Å². The molecule has 1 aliphatic rings. The van der Waals surface area contributed by atoms with Crippen LogP contribution in [0, 0.1) is 5.92 Å². The van der Waals surface area contributed by atoms with E-state index < -0.39 is 0 Å². The molecule has 18 heavy (non-hydrogen) atoms. The van der Waals surface area contributed by atoms with E-state index >= 15 is 0 Å². The van der Waals surface area contributed by atoms with Crippen LogP contribution < -0.4 is 4.74 Å². The summed E-state index contributed by atoms with van der Waals surface area (Å²) in [4.78, 5) is 13.9. The Morgan fingerprint density at radius 1 is 1.44 bits per heavy atom. The first kappa shape index (κ1) is 13.3. The number of thioether (sulfide) groups is 1. The second-order valence-electron chi connectivity index (χ2n) is 4.78. The lowest BCUT2D eigenvalue weighted by Crippen LogP contribution is -2.35. The quantitative estimate of drug-likeness (QED) is 0.838. The van der Waals surface area contributed by atoms with Crippen molar-refractivity contribution >= 4 is 17.7 Å². The molecular weight excluding hydrogens is 246 g/mol. The largest absolute Gasteiger partial charge is 0.496 e. The summed E-state index contributed by atoms with van der Waals surface area (Å²) in [5, 5.41) is 0.280. The lowest BCUT2D eigenvalue weighted by atomic mass is 10.1. The van der Waals surface area contributed by atoms with Gasteiger partial charge in [-0.2, -0.15) is 0 Å². The van der Waals surface area contributed by atoms with Crippen molar-refractivity contribution in [2.45, 2.75) is 25.8 Å². The van der Waals surface area contributed by atoms with Crippen molar-refractivity contribution in [1.82, 2.24) is 4.90 Å². The maximum Gasteiger partial charge on any atom is 0.233 e. The first-order valence-electron chi connectivity index (χ1n) is 6.16. The Kier molecular flexibility index (Phi) is 4.17. The second-order valence-corrected chi connectivity index (χ2v) is 5.88. The molecule has 0 bridgehead atoms. The van der Waals surface area contributed by atoms with Gasteiger partial charge in [0.05, 0.1) is 24.8 Å². The Bertz CT molecular complexity index is 434. The normalized spacial score (nSPS) is 19.7. The molecule has 1 amide bonds. The van der Waals surface area contributed by atoms with E-state index in [0.717, 1.165) is 11.3 Å². The van der Waals surface area contributed by atoms with Gasteiger partial charge in [0.15, 0.2) is 0 Å². The number of methoxy groups -OCH3 is 1. The first-order chi connectivity index (χ1) is 8.63. The highest BCUT2D eigenvalue weighted by atomic mass is 32.2. The van der Waals surface area contributed by atoms with E-state index in [1.807, 2.05) is 29.2 Å². The molecule has 0 saturated carbocycles. The fourth-order valence-corrected chi connectivity index (χ4v) is 3.46. The summed E-state index contributed by atoms with van der Waals surface area (Å²) < 4.78 is 5.34. The summed E-state index contributed by atoms with van der Waals surface area (Å²) in [6.45, 7) is 4.95. The lowest BCUT2D eigenvalue weighted by Gasteiger charge is -2.27. The van der Waals surface area contributed by atoms with Gasteiger partial charge in [0.1, 0.15) is 5.75 Å². The molecule has 1 saturated heterocycles. The molecule has 0 radical (unpaired) electrons. The van der Waals surface area contributed by atoms with Crippen LogP contribution >= 0.6 is 11.8 Å². The molecule has 0 aromatic heterocycles. The standard InChI is InChI=1S/C14H19NO2S/c1-10(2)14-15(13(16)9-18-14)8-11-6-4-5-7-12(11)17-3/h4-7,10,14H,8-9H2,1-3H3. The Morgan fingerprint density at radius 2 is 2.17 bits per heavy atom. The van der Waals surface area contributed by atoms with Gasteiger partial charge in [-0.3, -0.25) is 4.79 Å². The zero-order valence-corrected chi connectivity index (χ0v) is 11.9. The van der Waals surface area contributed by atoms with Gasteiger partial charge in [-0.05, 0) is 12.0 Å². The van der Waals surface area contributed by atoms with Crippen LogP contribution in [0.1, 0.15) is 19.4 Å². The molecule has 1 aliphatic heterocycles. The van der Waals surface area contributed by atoms with Crippen LogP contribution in [0.2, 0.25) is 0 Å². The monoisotopic (exact) mass is 265 g/mol. The number of rotatable bonds is 4. The number of nitrogens with zero attached hydrogens (tertiary/aromatic N) is 1. The smallest absolute Gasteiger partial charge is 0.233 e. The molecule has 1 atom stereocenters. The molecule has 1 aromatic carbocycles. The van der Waals surface area contributed by atoms with E-state index in [4.69, 9.17) is 4.74 Å². The van der Waals surface area contributed by atoms with Gasteiger partial charge >= 0.3 is 0 Å². The van der Waals surface area contributed by atoms with Crippen molar-refractivity contribution in [2.75, 3.05) is 12.9 Å². The average Bonchev–Trinajstić information content (AvgIpc) is 2.72. The molecule has 98 valence electrons. The minimum absolute atomic E-state index is 0.226. The molecule has 1 heterocycles. The number of hydrogen-bond donors (Lipinski definition) is 0. The SMILES string of the molecule is COc1ccccc1CN1C(=O)CSC1C(C)C. The van der Waals surface area contributed by atoms with Gasteiger partial charge in [0, 0.05) is 5.56 Å². The van der Waals surface area contributed by atoms with Gasteiger partial charge in [-0.15, -0.1) is 11.8 Å². The summed E-state index contributed by atoms with van der Waals surface area (Å²) in [6.07, 6.45) is 0. The van der Waals surface area contributed by atoms with Gasteiger partial charge in [0.25, 0.3) is 0 Å². The Labute approximate surface area is 113 Å². The van der Waals surface area contributed by atoms with E-state index in [0.29, 0.717) is 18.2 Å². The highest BCUT2D eigenvalue weighted by molar-refractivity contribution is 8.01. The Hall–Kier alpha value is -1.16. The molecule has 0 aliphatic carbocycles. The zero-order chi connectivity index (χ0) is 13.1. The molecule has 1 unspecified atom stereocenters. The van der Waals surface area contributed by atoms with Gasteiger partial charge < -0.3 is 9.64 Å². The topological polar surface area (TPSA) is 29.5 Å². The molecule has 0 spiro atoms. The average molecular weight is 265 g/mol. The van der Waals surface area contributed by atoms with Gasteiger partial charge in [-0.1, -0.05) is 32.0 Å². The summed E-state index contributed by atoms with van der Waals surface area (Å²) >= 11 is 1.73. The minimum Gasteiger partial charge on any atom is -0.496 e. The van der Waals surface area contributed by atoms with Crippen LogP contribution in [0.4, 0.5) is 0 Å². The third-order valence-corrected chi connectivity index (χ3v) is 4.66. The zero-order valence-electron chi connectivity index (χ0n) is 11.1. The third kappa shape index (κ3) is 2.64. The molecule has 3 nitrogen and oxygen atoms in total. The van der Waals surface area contributed by atoms with E-state index in [2.05, 4.69) is 13.8 Å². The number of carbonyl (C=O) groups is 1. The molecule has 4 heteroatoms. The highest BCUT2D eigenvalue weighted by Crippen LogP contribution is 2.33. The van der Waals surface area contributed by atoms with Crippen molar-refractivity contribution in [3.8, 4) is 5.75 Å². The van der Waals surface area contributed by atoms with E-state index in [1.54, 1.807) is 18.9 Å². The maximum atomic E-state index is 12.0. The number of hydrogen-bond acceptors (Lipinski definition) is 3. The fourth-order valence-electron chi connectivity index (χ4n) is 2.22. The molecular formula is C14H19NO2S. The van der Waals surface area contributed by atoms with Crippen LogP contribution in [0.25, 0.3) is 0 Å². The number of benzene rings is 1. The number of para-hydroxylation sites is 1. The number of amides is 1. The number of ether oxygens (including phenoxy) is 1. The van der Waals surface area contributed by atoms with Crippen LogP contribution in [0.5, 0.6) is 5.75 Å². The maximum absolute atomic E-state index is 12.0. The molecule has 2 rings (SSSR count).